The van der Waals surface area contributed by atoms with E-state index in [9.17, 15) is 9.50 Å². The second-order valence-electron chi connectivity index (χ2n) is 4.61. The lowest BCUT2D eigenvalue weighted by molar-refractivity contribution is 0.105. The predicted octanol–water partition coefficient (Wildman–Crippen LogP) is 3.69. The zero-order valence-corrected chi connectivity index (χ0v) is 11.1. The quantitative estimate of drug-likeness (QED) is 0.772. The number of aromatic nitrogens is 1. The molecule has 3 aromatic rings. The molecule has 0 fully saturated rings. The summed E-state index contributed by atoms with van der Waals surface area (Å²) in [5, 5.41) is 11.8. The lowest BCUT2D eigenvalue weighted by Crippen LogP contribution is -2.21. The predicted molar refractivity (Wildman–Crippen MR) is 74.7 cm³/mol. The lowest BCUT2D eigenvalue weighted by Gasteiger charge is -2.21. The van der Waals surface area contributed by atoms with Crippen molar-refractivity contribution in [1.29, 1.82) is 0 Å². The molecule has 4 heteroatoms. The van der Waals surface area contributed by atoms with Crippen molar-refractivity contribution in [1.82, 2.24) is 4.98 Å². The van der Waals surface area contributed by atoms with E-state index in [1.54, 1.807) is 6.92 Å². The van der Waals surface area contributed by atoms with Crippen molar-refractivity contribution in [2.75, 3.05) is 0 Å². The van der Waals surface area contributed by atoms with Crippen molar-refractivity contribution >= 4 is 21.4 Å². The fourth-order valence-corrected chi connectivity index (χ4v) is 3.17. The van der Waals surface area contributed by atoms with Crippen molar-refractivity contribution in [3.63, 3.8) is 0 Å². The van der Waals surface area contributed by atoms with Crippen LogP contribution in [0.4, 0.5) is 4.39 Å². The van der Waals surface area contributed by atoms with E-state index in [-0.39, 0.29) is 0 Å². The molecule has 3 rings (SSSR count). The first kappa shape index (κ1) is 12.3. The van der Waals surface area contributed by atoms with Crippen LogP contribution in [0.3, 0.4) is 0 Å². The molecule has 0 amide bonds. The minimum atomic E-state index is -1.24. The molecule has 0 spiro atoms. The minimum absolute atomic E-state index is 0.445. The van der Waals surface area contributed by atoms with Crippen LogP contribution in [0.15, 0.2) is 48.8 Å². The van der Waals surface area contributed by atoms with E-state index < -0.39 is 11.4 Å². The van der Waals surface area contributed by atoms with Crippen LogP contribution in [0.5, 0.6) is 0 Å². The average molecular weight is 273 g/mol. The first-order valence-corrected chi connectivity index (χ1v) is 6.71. The fraction of sp³-hybridized carbons (Fsp3) is 0.133. The Bertz CT molecular complexity index is 703. The van der Waals surface area contributed by atoms with Gasteiger partial charge < -0.3 is 5.11 Å². The Labute approximate surface area is 114 Å². The van der Waals surface area contributed by atoms with E-state index in [0.717, 1.165) is 21.2 Å². The molecule has 1 unspecified atom stereocenters. The van der Waals surface area contributed by atoms with Crippen molar-refractivity contribution in [3.05, 3.63) is 65.0 Å². The van der Waals surface area contributed by atoms with Crippen molar-refractivity contribution in [3.8, 4) is 0 Å². The van der Waals surface area contributed by atoms with Crippen LogP contribution in [-0.4, -0.2) is 10.1 Å². The van der Waals surface area contributed by atoms with Gasteiger partial charge in [0.15, 0.2) is 0 Å². The molecule has 2 aromatic heterocycles. The van der Waals surface area contributed by atoms with E-state index >= 15 is 0 Å². The first-order chi connectivity index (χ1) is 9.07. The third-order valence-corrected chi connectivity index (χ3v) is 4.50. The monoisotopic (exact) mass is 273 g/mol. The molecule has 1 aromatic carbocycles. The molecule has 0 radical (unpaired) electrons. The summed E-state index contributed by atoms with van der Waals surface area (Å²) in [6.45, 7) is 1.66. The van der Waals surface area contributed by atoms with Crippen molar-refractivity contribution < 1.29 is 9.50 Å². The van der Waals surface area contributed by atoms with E-state index in [1.807, 2.05) is 30.3 Å². The highest BCUT2D eigenvalue weighted by Gasteiger charge is 2.28. The number of fused-ring (bicyclic) bond motifs is 1. The maximum absolute atomic E-state index is 13.2. The molecule has 1 atom stereocenters. The summed E-state index contributed by atoms with van der Waals surface area (Å²) in [4.78, 5) is 4.58. The number of halogens is 1. The van der Waals surface area contributed by atoms with Gasteiger partial charge in [0.05, 0.1) is 6.20 Å². The third kappa shape index (κ3) is 2.13. The molecule has 0 saturated heterocycles. The smallest absolute Gasteiger partial charge is 0.141 e. The number of hydrogen-bond acceptors (Lipinski definition) is 3. The Balaban J connectivity index is 2.13. The third-order valence-electron chi connectivity index (χ3n) is 3.17. The van der Waals surface area contributed by atoms with Gasteiger partial charge in [-0.1, -0.05) is 18.2 Å². The molecule has 2 heterocycles. The summed E-state index contributed by atoms with van der Waals surface area (Å²) in [5.74, 6) is -0.445. The molecule has 0 bridgehead atoms. The molecule has 96 valence electrons. The SMILES string of the molecule is CC(O)(c1cncc(F)c1)c1cc2ccccc2s1. The zero-order chi connectivity index (χ0) is 13.5. The molecular formula is C15H12FNOS. The maximum atomic E-state index is 13.2. The van der Waals surface area contributed by atoms with Gasteiger partial charge in [0.1, 0.15) is 11.4 Å². The number of hydrogen-bond donors (Lipinski definition) is 1. The number of nitrogens with zero attached hydrogens (tertiary/aromatic N) is 1. The van der Waals surface area contributed by atoms with Crippen LogP contribution in [0.2, 0.25) is 0 Å². The van der Waals surface area contributed by atoms with E-state index in [1.165, 1.54) is 23.6 Å². The second-order valence-corrected chi connectivity index (χ2v) is 5.70. The van der Waals surface area contributed by atoms with Crippen LogP contribution < -0.4 is 0 Å². The van der Waals surface area contributed by atoms with Crippen molar-refractivity contribution in [2.45, 2.75) is 12.5 Å². The van der Waals surface area contributed by atoms with Crippen molar-refractivity contribution in [2.24, 2.45) is 0 Å². The van der Waals surface area contributed by atoms with Crippen LogP contribution in [0.25, 0.3) is 10.1 Å². The largest absolute Gasteiger partial charge is 0.380 e. The molecule has 19 heavy (non-hydrogen) atoms. The van der Waals surface area contributed by atoms with Gasteiger partial charge in [0, 0.05) is 21.3 Å². The summed E-state index contributed by atoms with van der Waals surface area (Å²) in [7, 11) is 0. The van der Waals surface area contributed by atoms with E-state index in [4.69, 9.17) is 0 Å². The van der Waals surface area contributed by atoms with Gasteiger partial charge in [-0.3, -0.25) is 4.98 Å². The zero-order valence-electron chi connectivity index (χ0n) is 10.3. The summed E-state index contributed by atoms with van der Waals surface area (Å²) < 4.78 is 14.3. The van der Waals surface area contributed by atoms with Gasteiger partial charge in [-0.25, -0.2) is 4.39 Å². The molecule has 0 aliphatic heterocycles. The minimum Gasteiger partial charge on any atom is -0.380 e. The molecule has 0 saturated carbocycles. The van der Waals surface area contributed by atoms with Crippen LogP contribution in [0, 0.1) is 5.82 Å². The fourth-order valence-electron chi connectivity index (χ4n) is 2.04. The number of rotatable bonds is 2. The highest BCUT2D eigenvalue weighted by Crippen LogP contribution is 2.37. The Hall–Kier alpha value is -1.78. The number of aliphatic hydroxyl groups is 1. The van der Waals surface area contributed by atoms with Gasteiger partial charge in [0.2, 0.25) is 0 Å². The molecule has 0 aliphatic carbocycles. The van der Waals surface area contributed by atoms with E-state index in [2.05, 4.69) is 4.98 Å². The number of benzene rings is 1. The standard InChI is InChI=1S/C15H12FNOS/c1-15(18,11-7-12(16)9-17-8-11)14-6-10-4-2-3-5-13(10)19-14/h2-9,18H,1H3. The molecular weight excluding hydrogens is 261 g/mol. The molecule has 2 nitrogen and oxygen atoms in total. The first-order valence-electron chi connectivity index (χ1n) is 5.90. The van der Waals surface area contributed by atoms with Gasteiger partial charge in [-0.15, -0.1) is 11.3 Å². The summed E-state index contributed by atoms with van der Waals surface area (Å²) in [6.07, 6.45) is 2.62. The second kappa shape index (κ2) is 4.40. The van der Waals surface area contributed by atoms with Gasteiger partial charge in [-0.05, 0) is 30.5 Å². The number of thiophene rings is 1. The Morgan fingerprint density at radius 2 is 2.00 bits per heavy atom. The highest BCUT2D eigenvalue weighted by molar-refractivity contribution is 7.19. The van der Waals surface area contributed by atoms with Gasteiger partial charge in [-0.2, -0.15) is 0 Å². The van der Waals surface area contributed by atoms with Gasteiger partial charge in [0.25, 0.3) is 0 Å². The summed E-state index contributed by atoms with van der Waals surface area (Å²) in [6, 6.07) is 11.2. The van der Waals surface area contributed by atoms with E-state index in [0.29, 0.717) is 5.56 Å². The Morgan fingerprint density at radius 1 is 1.21 bits per heavy atom. The maximum Gasteiger partial charge on any atom is 0.141 e. The Kier molecular flexibility index (Phi) is 2.84. The average Bonchev–Trinajstić information content (AvgIpc) is 2.83. The van der Waals surface area contributed by atoms with Crippen LogP contribution in [-0.2, 0) is 5.60 Å². The highest BCUT2D eigenvalue weighted by atomic mass is 32.1. The van der Waals surface area contributed by atoms with Crippen LogP contribution in [0.1, 0.15) is 17.4 Å². The van der Waals surface area contributed by atoms with Gasteiger partial charge >= 0.3 is 0 Å². The normalized spacial score (nSPS) is 14.5. The molecule has 0 aliphatic rings. The summed E-state index contributed by atoms with van der Waals surface area (Å²) in [5.41, 5.74) is -0.780. The number of pyridine rings is 1. The summed E-state index contributed by atoms with van der Waals surface area (Å²) >= 11 is 1.50. The lowest BCUT2D eigenvalue weighted by atomic mass is 9.95. The van der Waals surface area contributed by atoms with Crippen LogP contribution >= 0.6 is 11.3 Å². The molecule has 1 N–H and O–H groups in total. The topological polar surface area (TPSA) is 33.1 Å². The Morgan fingerprint density at radius 3 is 2.74 bits per heavy atom.